The van der Waals surface area contributed by atoms with Gasteiger partial charge in [-0.1, -0.05) is 50.3 Å². The molecule has 0 aliphatic heterocycles. The summed E-state index contributed by atoms with van der Waals surface area (Å²) in [6.07, 6.45) is 14.3. The number of likely N-dealkylation sites (N-methyl/N-ethyl adjacent to an activating group) is 1. The molecule has 1 unspecified atom stereocenters. The van der Waals surface area contributed by atoms with Gasteiger partial charge in [-0.05, 0) is 80.6 Å². The van der Waals surface area contributed by atoms with Gasteiger partial charge in [0.15, 0.2) is 0 Å². The van der Waals surface area contributed by atoms with Crippen LogP contribution >= 0.6 is 0 Å². The van der Waals surface area contributed by atoms with Crippen LogP contribution in [-0.2, 0) is 12.8 Å². The van der Waals surface area contributed by atoms with Crippen LogP contribution in [0.15, 0.2) is 18.2 Å². The summed E-state index contributed by atoms with van der Waals surface area (Å²) in [4.78, 5) is 2.45. The highest BCUT2D eigenvalue weighted by Crippen LogP contribution is 2.49. The van der Waals surface area contributed by atoms with Crippen LogP contribution in [0.2, 0.25) is 0 Å². The van der Waals surface area contributed by atoms with Crippen molar-refractivity contribution < 1.29 is 0 Å². The lowest BCUT2D eigenvalue weighted by molar-refractivity contribution is 0.265. The van der Waals surface area contributed by atoms with Crippen molar-refractivity contribution in [2.75, 3.05) is 14.1 Å². The van der Waals surface area contributed by atoms with Gasteiger partial charge in [0.25, 0.3) is 0 Å². The third-order valence-electron chi connectivity index (χ3n) is 7.20. The smallest absolute Gasteiger partial charge is 0.0133 e. The van der Waals surface area contributed by atoms with E-state index in [-0.39, 0.29) is 0 Å². The highest BCUT2D eigenvalue weighted by molar-refractivity contribution is 5.41. The predicted octanol–water partition coefficient (Wildman–Crippen LogP) is 5.18. The van der Waals surface area contributed by atoms with E-state index in [1.165, 1.54) is 64.2 Å². The Bertz CT molecular complexity index is 541. The van der Waals surface area contributed by atoms with E-state index in [1.54, 1.807) is 16.7 Å². The monoisotopic (exact) mass is 311 g/mol. The summed E-state index contributed by atoms with van der Waals surface area (Å²) in [5.41, 5.74) is 5.16. The standard InChI is InChI=1S/C22H33N/c1-23(2)18-14-13-17-9-5-11-21(22(17)15-18)20-12-6-10-19(20)16-7-3-4-8-16/h5,9,11,16,18-20H,3-4,6-8,10,12-15H2,1-2H3/t18-,19?,20-/m1/s1. The highest BCUT2D eigenvalue weighted by atomic mass is 15.1. The molecule has 0 aromatic heterocycles. The maximum absolute atomic E-state index is 2.49. The summed E-state index contributed by atoms with van der Waals surface area (Å²) >= 11 is 0. The average molecular weight is 312 g/mol. The maximum Gasteiger partial charge on any atom is 0.0133 e. The molecular formula is C22H33N. The second-order valence-electron chi connectivity index (χ2n) is 8.59. The fraction of sp³-hybridized carbons (Fsp3) is 0.727. The lowest BCUT2D eigenvalue weighted by atomic mass is 9.75. The first-order valence-electron chi connectivity index (χ1n) is 10.0. The molecular weight excluding hydrogens is 278 g/mol. The minimum Gasteiger partial charge on any atom is -0.306 e. The Morgan fingerprint density at radius 3 is 2.52 bits per heavy atom. The van der Waals surface area contributed by atoms with Crippen LogP contribution in [0.5, 0.6) is 0 Å². The van der Waals surface area contributed by atoms with Crippen LogP contribution < -0.4 is 0 Å². The molecule has 2 saturated carbocycles. The van der Waals surface area contributed by atoms with Crippen molar-refractivity contribution in [3.05, 3.63) is 34.9 Å². The Hall–Kier alpha value is -0.820. The molecule has 23 heavy (non-hydrogen) atoms. The first kappa shape index (κ1) is 15.7. The van der Waals surface area contributed by atoms with Gasteiger partial charge in [0, 0.05) is 6.04 Å². The summed E-state index contributed by atoms with van der Waals surface area (Å²) < 4.78 is 0. The third kappa shape index (κ3) is 2.97. The number of rotatable bonds is 3. The SMILES string of the molecule is CN(C)[C@@H]1CCc2cccc([C@@H]3CCCC3C3CCCC3)c2C1. The number of fused-ring (bicyclic) bond motifs is 1. The van der Waals surface area contributed by atoms with Crippen molar-refractivity contribution in [3.8, 4) is 0 Å². The second-order valence-corrected chi connectivity index (χ2v) is 8.59. The van der Waals surface area contributed by atoms with E-state index in [4.69, 9.17) is 0 Å². The van der Waals surface area contributed by atoms with Crippen LogP contribution in [-0.4, -0.2) is 25.0 Å². The first-order chi connectivity index (χ1) is 11.2. The molecule has 0 saturated heterocycles. The summed E-state index contributed by atoms with van der Waals surface area (Å²) in [6, 6.07) is 8.00. The lowest BCUT2D eigenvalue weighted by Gasteiger charge is -2.34. The molecule has 3 aliphatic carbocycles. The van der Waals surface area contributed by atoms with Gasteiger partial charge in [-0.25, -0.2) is 0 Å². The summed E-state index contributed by atoms with van der Waals surface area (Å²) in [7, 11) is 4.52. The molecule has 0 radical (unpaired) electrons. The zero-order chi connectivity index (χ0) is 15.8. The summed E-state index contributed by atoms with van der Waals surface area (Å²) in [5.74, 6) is 2.89. The van der Waals surface area contributed by atoms with Gasteiger partial charge < -0.3 is 4.90 Å². The molecule has 1 nitrogen and oxygen atoms in total. The van der Waals surface area contributed by atoms with E-state index in [0.29, 0.717) is 0 Å². The average Bonchev–Trinajstić information content (AvgIpc) is 3.24. The molecule has 1 heteroatoms. The molecule has 0 N–H and O–H groups in total. The van der Waals surface area contributed by atoms with Crippen LogP contribution in [0, 0.1) is 11.8 Å². The minimum atomic E-state index is 0.745. The van der Waals surface area contributed by atoms with Crippen LogP contribution in [0.4, 0.5) is 0 Å². The number of benzene rings is 1. The fourth-order valence-corrected chi connectivity index (χ4v) is 5.91. The Kier molecular flexibility index (Phi) is 4.50. The fourth-order valence-electron chi connectivity index (χ4n) is 5.91. The molecule has 3 atom stereocenters. The Morgan fingerprint density at radius 2 is 1.74 bits per heavy atom. The van der Waals surface area contributed by atoms with Crippen molar-refractivity contribution in [2.24, 2.45) is 11.8 Å². The zero-order valence-electron chi connectivity index (χ0n) is 15.1. The number of aryl methyl sites for hydroxylation is 1. The number of hydrogen-bond donors (Lipinski definition) is 0. The van der Waals surface area contributed by atoms with Crippen molar-refractivity contribution in [1.82, 2.24) is 4.90 Å². The number of hydrogen-bond acceptors (Lipinski definition) is 1. The molecule has 4 rings (SSSR count). The summed E-state index contributed by atoms with van der Waals surface area (Å²) in [5, 5.41) is 0. The van der Waals surface area contributed by atoms with E-state index in [1.807, 2.05) is 0 Å². The minimum absolute atomic E-state index is 0.745. The topological polar surface area (TPSA) is 3.24 Å². The summed E-state index contributed by atoms with van der Waals surface area (Å²) in [6.45, 7) is 0. The van der Waals surface area contributed by atoms with Gasteiger partial charge in [0.1, 0.15) is 0 Å². The zero-order valence-corrected chi connectivity index (χ0v) is 15.1. The van der Waals surface area contributed by atoms with Gasteiger partial charge in [-0.3, -0.25) is 0 Å². The molecule has 126 valence electrons. The van der Waals surface area contributed by atoms with Crippen LogP contribution in [0.3, 0.4) is 0 Å². The van der Waals surface area contributed by atoms with Crippen molar-refractivity contribution in [2.45, 2.75) is 76.2 Å². The second kappa shape index (κ2) is 6.59. The predicted molar refractivity (Wildman–Crippen MR) is 98.0 cm³/mol. The molecule has 0 bridgehead atoms. The van der Waals surface area contributed by atoms with Crippen molar-refractivity contribution >= 4 is 0 Å². The highest BCUT2D eigenvalue weighted by Gasteiger charge is 2.37. The molecule has 1 aromatic rings. The Balaban J connectivity index is 1.64. The van der Waals surface area contributed by atoms with E-state index in [2.05, 4.69) is 37.2 Å². The molecule has 1 aromatic carbocycles. The Labute approximate surface area is 142 Å². The third-order valence-corrected chi connectivity index (χ3v) is 7.20. The molecule has 2 fully saturated rings. The molecule has 0 spiro atoms. The largest absolute Gasteiger partial charge is 0.306 e. The van der Waals surface area contributed by atoms with Gasteiger partial charge in [-0.15, -0.1) is 0 Å². The molecule has 0 heterocycles. The maximum atomic E-state index is 2.49. The van der Waals surface area contributed by atoms with E-state index in [9.17, 15) is 0 Å². The van der Waals surface area contributed by atoms with Gasteiger partial charge in [0.05, 0.1) is 0 Å². The van der Waals surface area contributed by atoms with E-state index in [0.717, 1.165) is 23.8 Å². The van der Waals surface area contributed by atoms with Crippen molar-refractivity contribution in [3.63, 3.8) is 0 Å². The Morgan fingerprint density at radius 1 is 0.913 bits per heavy atom. The normalized spacial score (nSPS) is 31.7. The first-order valence-corrected chi connectivity index (χ1v) is 10.0. The quantitative estimate of drug-likeness (QED) is 0.743. The van der Waals surface area contributed by atoms with Gasteiger partial charge in [-0.2, -0.15) is 0 Å². The van der Waals surface area contributed by atoms with Gasteiger partial charge in [0.2, 0.25) is 0 Å². The lowest BCUT2D eigenvalue weighted by Crippen LogP contribution is -2.34. The van der Waals surface area contributed by atoms with Gasteiger partial charge >= 0.3 is 0 Å². The van der Waals surface area contributed by atoms with E-state index >= 15 is 0 Å². The number of nitrogens with zero attached hydrogens (tertiary/aromatic N) is 1. The molecule has 3 aliphatic rings. The van der Waals surface area contributed by atoms with Crippen LogP contribution in [0.1, 0.15) is 74.0 Å². The molecule has 0 amide bonds. The van der Waals surface area contributed by atoms with E-state index < -0.39 is 0 Å². The van der Waals surface area contributed by atoms with Crippen molar-refractivity contribution in [1.29, 1.82) is 0 Å². The van der Waals surface area contributed by atoms with Crippen LogP contribution in [0.25, 0.3) is 0 Å².